The fraction of sp³-hybridized carbons (Fsp3) is 0.143. The van der Waals surface area contributed by atoms with E-state index >= 15 is 0 Å². The van der Waals surface area contributed by atoms with Gasteiger partial charge in [0.05, 0.1) is 35.8 Å². The molecule has 5 aromatic rings. The number of fused-ring (bicyclic) bond motifs is 2. The molecule has 148 valence electrons. The molecule has 0 amide bonds. The van der Waals surface area contributed by atoms with Crippen LogP contribution in [-0.4, -0.2) is 41.1 Å². The number of aromatic nitrogens is 7. The number of nitrogens with one attached hydrogen (secondary N) is 1. The average molecular weight is 400 g/mol. The largest absolute Gasteiger partial charge is 0.357 e. The Bertz CT molecular complexity index is 1340. The molecule has 0 fully saturated rings. The highest BCUT2D eigenvalue weighted by Crippen LogP contribution is 2.37. The number of aromatic amines is 1. The van der Waals surface area contributed by atoms with E-state index in [1.54, 1.807) is 46.4 Å². The van der Waals surface area contributed by atoms with Crippen LogP contribution in [0.5, 0.6) is 0 Å². The number of H-pyrrole nitrogens is 1. The molecule has 9 heteroatoms. The molecule has 1 N–H and O–H groups in total. The number of rotatable bonds is 3. The van der Waals surface area contributed by atoms with Gasteiger partial charge in [0.1, 0.15) is 17.4 Å². The van der Waals surface area contributed by atoms with Gasteiger partial charge in [0.15, 0.2) is 0 Å². The summed E-state index contributed by atoms with van der Waals surface area (Å²) in [5.41, 5.74) is 5.05. The lowest BCUT2D eigenvalue weighted by atomic mass is 9.98. The first kappa shape index (κ1) is 16.9. The van der Waals surface area contributed by atoms with E-state index < -0.39 is 0 Å². The van der Waals surface area contributed by atoms with Crippen molar-refractivity contribution in [3.05, 3.63) is 90.3 Å². The predicted molar refractivity (Wildman–Crippen MR) is 108 cm³/mol. The standard InChI is InChI=1S/C21H17FN8/c22-16-5-2-9-29-19(16)12-18(27-29)21-20-17(23-13-24-20)6-10-28(21)14-3-1-4-15(11-14)30-25-7-8-26-30/h1-5,7-9,11-13,21H,6,10H2,(H,23,24)/t21-/m1/s1. The number of anilines is 1. The second-order valence-electron chi connectivity index (χ2n) is 7.21. The van der Waals surface area contributed by atoms with Crippen molar-refractivity contribution in [2.24, 2.45) is 0 Å². The fourth-order valence-corrected chi connectivity index (χ4v) is 4.13. The van der Waals surface area contributed by atoms with Crippen LogP contribution in [-0.2, 0) is 6.42 Å². The Balaban J connectivity index is 1.50. The molecule has 1 aromatic carbocycles. The summed E-state index contributed by atoms with van der Waals surface area (Å²) in [6.07, 6.45) is 7.60. The molecule has 5 heterocycles. The predicted octanol–water partition coefficient (Wildman–Crippen LogP) is 2.93. The minimum absolute atomic E-state index is 0.236. The van der Waals surface area contributed by atoms with E-state index in [9.17, 15) is 4.39 Å². The van der Waals surface area contributed by atoms with Crippen molar-refractivity contribution in [3.63, 3.8) is 0 Å². The third kappa shape index (κ3) is 2.59. The molecule has 1 aliphatic rings. The molecule has 0 saturated carbocycles. The lowest BCUT2D eigenvalue weighted by Crippen LogP contribution is -2.36. The summed E-state index contributed by atoms with van der Waals surface area (Å²) in [4.78, 5) is 11.7. The van der Waals surface area contributed by atoms with Crippen molar-refractivity contribution in [2.45, 2.75) is 12.5 Å². The van der Waals surface area contributed by atoms with Gasteiger partial charge in [0, 0.05) is 30.5 Å². The molecule has 1 atom stereocenters. The lowest BCUT2D eigenvalue weighted by molar-refractivity contribution is 0.614. The van der Waals surface area contributed by atoms with Crippen molar-refractivity contribution in [1.29, 1.82) is 0 Å². The average Bonchev–Trinajstić information content (AvgIpc) is 3.53. The Morgan fingerprint density at radius 3 is 2.77 bits per heavy atom. The maximum Gasteiger partial charge on any atom is 0.148 e. The molecule has 30 heavy (non-hydrogen) atoms. The summed E-state index contributed by atoms with van der Waals surface area (Å²) in [5, 5.41) is 13.1. The van der Waals surface area contributed by atoms with Crippen LogP contribution in [0.15, 0.2) is 67.4 Å². The van der Waals surface area contributed by atoms with Gasteiger partial charge < -0.3 is 9.88 Å². The van der Waals surface area contributed by atoms with Crippen molar-refractivity contribution in [2.75, 3.05) is 11.4 Å². The highest BCUT2D eigenvalue weighted by atomic mass is 19.1. The molecule has 1 aliphatic heterocycles. The summed E-state index contributed by atoms with van der Waals surface area (Å²) in [6.45, 7) is 0.770. The topological polar surface area (TPSA) is 79.9 Å². The van der Waals surface area contributed by atoms with E-state index in [2.05, 4.69) is 30.2 Å². The van der Waals surface area contributed by atoms with Crippen LogP contribution in [0.25, 0.3) is 11.2 Å². The number of benzene rings is 1. The highest BCUT2D eigenvalue weighted by molar-refractivity contribution is 5.59. The Morgan fingerprint density at radius 2 is 1.90 bits per heavy atom. The molecule has 0 bridgehead atoms. The molecule has 0 unspecified atom stereocenters. The van der Waals surface area contributed by atoms with Gasteiger partial charge in [-0.25, -0.2) is 13.9 Å². The van der Waals surface area contributed by atoms with Crippen LogP contribution in [0.2, 0.25) is 0 Å². The first-order chi connectivity index (χ1) is 14.8. The van der Waals surface area contributed by atoms with Crippen molar-refractivity contribution >= 4 is 11.2 Å². The highest BCUT2D eigenvalue weighted by Gasteiger charge is 2.33. The number of hydrogen-bond acceptors (Lipinski definition) is 5. The smallest absolute Gasteiger partial charge is 0.148 e. The molecular weight excluding hydrogens is 383 g/mol. The van der Waals surface area contributed by atoms with Gasteiger partial charge in [-0.15, -0.1) is 0 Å². The molecule has 0 saturated heterocycles. The second-order valence-corrected chi connectivity index (χ2v) is 7.21. The van der Waals surface area contributed by atoms with Crippen LogP contribution in [0.3, 0.4) is 0 Å². The number of nitrogens with zero attached hydrogens (tertiary/aromatic N) is 7. The minimum atomic E-state index is -0.299. The van der Waals surface area contributed by atoms with Crippen molar-refractivity contribution < 1.29 is 4.39 Å². The minimum Gasteiger partial charge on any atom is -0.357 e. The second kappa shape index (κ2) is 6.51. The van der Waals surface area contributed by atoms with Gasteiger partial charge in [-0.1, -0.05) is 6.07 Å². The van der Waals surface area contributed by atoms with Crippen LogP contribution >= 0.6 is 0 Å². The van der Waals surface area contributed by atoms with Gasteiger partial charge in [0.25, 0.3) is 0 Å². The van der Waals surface area contributed by atoms with Crippen LogP contribution in [0.1, 0.15) is 23.1 Å². The lowest BCUT2D eigenvalue weighted by Gasteiger charge is -2.36. The maximum atomic E-state index is 14.3. The Morgan fingerprint density at radius 1 is 1.03 bits per heavy atom. The van der Waals surface area contributed by atoms with Gasteiger partial charge >= 0.3 is 0 Å². The Hall–Kier alpha value is -4.01. The Labute approximate surface area is 170 Å². The van der Waals surface area contributed by atoms with E-state index in [1.807, 2.05) is 24.3 Å². The summed E-state index contributed by atoms with van der Waals surface area (Å²) in [7, 11) is 0. The molecular formula is C21H17FN8. The fourth-order valence-electron chi connectivity index (χ4n) is 4.13. The van der Waals surface area contributed by atoms with Gasteiger partial charge in [-0.3, -0.25) is 0 Å². The van der Waals surface area contributed by atoms with Crippen LogP contribution < -0.4 is 4.90 Å². The zero-order valence-electron chi connectivity index (χ0n) is 15.9. The molecule has 6 rings (SSSR count). The van der Waals surface area contributed by atoms with Crippen molar-refractivity contribution in [1.82, 2.24) is 34.6 Å². The summed E-state index contributed by atoms with van der Waals surface area (Å²) in [5.74, 6) is -0.299. The van der Waals surface area contributed by atoms with Gasteiger partial charge in [-0.2, -0.15) is 20.1 Å². The first-order valence-corrected chi connectivity index (χ1v) is 9.67. The van der Waals surface area contributed by atoms with E-state index in [1.165, 1.54) is 6.07 Å². The van der Waals surface area contributed by atoms with Gasteiger partial charge in [-0.05, 0) is 36.4 Å². The SMILES string of the molecule is Fc1cccn2nc([C@@H]3c4nc[nH]c4CCN3c3cccc(-n4nccn4)c3)cc12. The number of pyridine rings is 1. The monoisotopic (exact) mass is 400 g/mol. The first-order valence-electron chi connectivity index (χ1n) is 9.67. The molecule has 0 radical (unpaired) electrons. The van der Waals surface area contributed by atoms with Crippen LogP contribution in [0.4, 0.5) is 10.1 Å². The third-order valence-electron chi connectivity index (χ3n) is 5.49. The summed E-state index contributed by atoms with van der Waals surface area (Å²) >= 11 is 0. The maximum absolute atomic E-state index is 14.3. The van der Waals surface area contributed by atoms with E-state index in [4.69, 9.17) is 0 Å². The zero-order valence-corrected chi connectivity index (χ0v) is 15.9. The van der Waals surface area contributed by atoms with Gasteiger partial charge in [0.2, 0.25) is 0 Å². The quantitative estimate of drug-likeness (QED) is 0.504. The van der Waals surface area contributed by atoms with E-state index in [0.29, 0.717) is 5.52 Å². The Kier molecular flexibility index (Phi) is 3.67. The normalized spacial score (nSPS) is 16.2. The van der Waals surface area contributed by atoms with Crippen LogP contribution in [0, 0.1) is 5.82 Å². The molecule has 8 nitrogen and oxygen atoms in total. The third-order valence-corrected chi connectivity index (χ3v) is 5.49. The molecule has 0 aliphatic carbocycles. The van der Waals surface area contributed by atoms with E-state index in [-0.39, 0.29) is 11.9 Å². The summed E-state index contributed by atoms with van der Waals surface area (Å²) < 4.78 is 15.9. The molecule has 0 spiro atoms. The van der Waals surface area contributed by atoms with Crippen molar-refractivity contribution in [3.8, 4) is 5.69 Å². The van der Waals surface area contributed by atoms with E-state index in [0.717, 1.165) is 41.4 Å². The number of halogens is 1. The molecule has 4 aromatic heterocycles. The zero-order chi connectivity index (χ0) is 20.1. The number of imidazole rings is 1. The summed E-state index contributed by atoms with van der Waals surface area (Å²) in [6, 6.07) is 12.7. The number of hydrogen-bond donors (Lipinski definition) is 1.